The Morgan fingerprint density at radius 2 is 1.25 bits per heavy atom. The number of esters is 2. The highest BCUT2D eigenvalue weighted by Crippen LogP contribution is 2.30. The van der Waals surface area contributed by atoms with Gasteiger partial charge in [-0.25, -0.2) is 9.59 Å². The maximum absolute atomic E-state index is 12.4. The van der Waals surface area contributed by atoms with E-state index < -0.39 is 18.1 Å². The third-order valence-corrected chi connectivity index (χ3v) is 10.2. The Balaban J connectivity index is 0.000000301. The van der Waals surface area contributed by atoms with E-state index in [0.717, 1.165) is 45.3 Å². The lowest BCUT2D eigenvalue weighted by molar-refractivity contribution is -0.139. The van der Waals surface area contributed by atoms with E-state index in [9.17, 15) is 19.2 Å². The maximum atomic E-state index is 12.4. The first kappa shape index (κ1) is 46.8. The maximum Gasteiger partial charge on any atom is 0.333 e. The number of ether oxygens (including phenoxy) is 6. The van der Waals surface area contributed by atoms with E-state index in [1.165, 1.54) is 13.8 Å². The Kier molecular flexibility index (Phi) is 20.8. The molecular formula is C38H64N8O10. The fourth-order valence-electron chi connectivity index (χ4n) is 7.75. The number of hydrogen-bond acceptors (Lipinski definition) is 14. The van der Waals surface area contributed by atoms with Crippen LogP contribution in [-0.2, 0) is 47.6 Å². The largest absolute Gasteiger partial charge is 0.463 e. The number of methoxy groups -OCH3 is 2. The average Bonchev–Trinajstić information content (AvgIpc) is 3.17. The highest BCUT2D eigenvalue weighted by molar-refractivity contribution is 5.89. The number of nitrogens with zero attached hydrogens (tertiary/aromatic N) is 5. The minimum atomic E-state index is -0.576. The number of likely N-dealkylation sites (tertiary alicyclic amines) is 2. The standard InChI is InChI=1S/C19H31N5O5.C19H33N3O5/c1-4-28-19(26)14-10-16(22-23-20)18(21-13(2)25)17(11-14)24-7-5-6-15(12-24)29-9-8-27-3;1-4-26-19(24)14-10-16(20)18(21-13(2)23)17(11-14)22-7-5-6-15(12-22)27-9-8-25-3/h11,15-18H,4-10,12H2,1-3H3,(H,21,25);11,15-18H,4-10,12,20H2,1-3H3,(H,21,23)/t2*15-,16+,17-,18-/m11/s1. The Labute approximate surface area is 330 Å². The van der Waals surface area contributed by atoms with Gasteiger partial charge in [0.15, 0.2) is 0 Å². The number of nitrogens with one attached hydrogen (secondary N) is 2. The lowest BCUT2D eigenvalue weighted by Crippen LogP contribution is -2.62. The van der Waals surface area contributed by atoms with Crippen molar-refractivity contribution < 1.29 is 47.6 Å². The van der Waals surface area contributed by atoms with Crippen molar-refractivity contribution in [1.82, 2.24) is 20.4 Å². The second-order valence-corrected chi connectivity index (χ2v) is 14.3. The lowest BCUT2D eigenvalue weighted by Gasteiger charge is -2.44. The Bertz CT molecular complexity index is 1390. The third-order valence-electron chi connectivity index (χ3n) is 10.2. The zero-order chi connectivity index (χ0) is 41.0. The molecule has 4 aliphatic rings. The molecule has 0 spiro atoms. The first-order valence-electron chi connectivity index (χ1n) is 19.7. The normalized spacial score (nSPS) is 28.3. The van der Waals surface area contributed by atoms with Crippen LogP contribution in [0.15, 0.2) is 28.4 Å². The van der Waals surface area contributed by atoms with E-state index in [4.69, 9.17) is 39.7 Å². The van der Waals surface area contributed by atoms with Crippen LogP contribution in [-0.4, -0.2) is 162 Å². The van der Waals surface area contributed by atoms with Gasteiger partial charge in [-0.1, -0.05) is 17.3 Å². The van der Waals surface area contributed by atoms with Gasteiger partial charge in [0, 0.05) is 69.3 Å². The number of rotatable bonds is 17. The summed E-state index contributed by atoms with van der Waals surface area (Å²) in [5.41, 5.74) is 16.4. The minimum Gasteiger partial charge on any atom is -0.463 e. The summed E-state index contributed by atoms with van der Waals surface area (Å²) in [6.07, 6.45) is 8.35. The van der Waals surface area contributed by atoms with Crippen molar-refractivity contribution >= 4 is 23.8 Å². The zero-order valence-corrected chi connectivity index (χ0v) is 34.0. The van der Waals surface area contributed by atoms with E-state index in [0.29, 0.717) is 57.1 Å². The highest BCUT2D eigenvalue weighted by atomic mass is 16.5. The number of hydrogen-bond donors (Lipinski definition) is 3. The molecule has 316 valence electrons. The van der Waals surface area contributed by atoms with Crippen molar-refractivity contribution in [3.63, 3.8) is 0 Å². The number of piperidine rings is 2. The van der Waals surface area contributed by atoms with Gasteiger partial charge in [-0.05, 0) is 71.0 Å². The smallest absolute Gasteiger partial charge is 0.333 e. The zero-order valence-electron chi connectivity index (χ0n) is 34.0. The van der Waals surface area contributed by atoms with Gasteiger partial charge in [0.25, 0.3) is 0 Å². The van der Waals surface area contributed by atoms with Crippen LogP contribution in [0.2, 0.25) is 0 Å². The number of carbonyl (C=O) groups is 4. The third kappa shape index (κ3) is 14.7. The van der Waals surface area contributed by atoms with Gasteiger partial charge in [-0.2, -0.15) is 0 Å². The van der Waals surface area contributed by atoms with Crippen molar-refractivity contribution in [2.45, 2.75) is 115 Å². The van der Waals surface area contributed by atoms with Gasteiger partial charge >= 0.3 is 11.9 Å². The summed E-state index contributed by atoms with van der Waals surface area (Å²) < 4.78 is 32.2. The molecule has 0 bridgehead atoms. The molecule has 0 aromatic rings. The van der Waals surface area contributed by atoms with Crippen molar-refractivity contribution in [3.05, 3.63) is 33.7 Å². The van der Waals surface area contributed by atoms with Crippen molar-refractivity contribution in [1.29, 1.82) is 0 Å². The molecular weight excluding hydrogens is 728 g/mol. The molecule has 2 aliphatic heterocycles. The molecule has 18 heteroatoms. The van der Waals surface area contributed by atoms with Crippen LogP contribution in [0.25, 0.3) is 10.4 Å². The van der Waals surface area contributed by atoms with Gasteiger partial charge in [-0.15, -0.1) is 0 Å². The first-order chi connectivity index (χ1) is 26.9. The quantitative estimate of drug-likeness (QED) is 0.0628. The average molecular weight is 793 g/mol. The SMILES string of the molecule is CCOC(=O)C1=C[C@@H](N2CCC[C@@H](OCCOC)C2)[C@H](NC(C)=O)[C@@H](N)C1.CCOC(=O)C1=C[C@@H](N2CCC[C@@H](OCCOC)C2)[C@H](NC(C)=O)[C@@H](N=[N+]=[N-])C1. The van der Waals surface area contributed by atoms with E-state index in [1.54, 1.807) is 28.1 Å². The lowest BCUT2D eigenvalue weighted by atomic mass is 9.85. The van der Waals surface area contributed by atoms with Gasteiger partial charge in [0.2, 0.25) is 11.8 Å². The van der Waals surface area contributed by atoms with Gasteiger partial charge in [0.1, 0.15) is 0 Å². The van der Waals surface area contributed by atoms with Crippen LogP contribution in [0.5, 0.6) is 0 Å². The fraction of sp³-hybridized carbons (Fsp3) is 0.789. The molecule has 56 heavy (non-hydrogen) atoms. The molecule has 2 amide bonds. The Morgan fingerprint density at radius 1 is 0.786 bits per heavy atom. The molecule has 0 aromatic carbocycles. The molecule has 0 unspecified atom stereocenters. The summed E-state index contributed by atoms with van der Waals surface area (Å²) in [6.45, 7) is 12.2. The topological polar surface area (TPSA) is 229 Å². The predicted octanol–water partition coefficient (Wildman–Crippen LogP) is 1.77. The molecule has 0 aromatic heterocycles. The number of carbonyl (C=O) groups excluding carboxylic acids is 4. The molecule has 0 radical (unpaired) electrons. The first-order valence-corrected chi connectivity index (χ1v) is 19.7. The van der Waals surface area contributed by atoms with Crippen LogP contribution in [0.4, 0.5) is 0 Å². The van der Waals surface area contributed by atoms with Crippen LogP contribution in [0.1, 0.15) is 66.2 Å². The van der Waals surface area contributed by atoms with E-state index in [-0.39, 0.29) is 67.2 Å². The second kappa shape index (κ2) is 24.9. The van der Waals surface area contributed by atoms with Crippen LogP contribution in [0.3, 0.4) is 0 Å². The summed E-state index contributed by atoms with van der Waals surface area (Å²) in [7, 11) is 3.29. The number of amides is 2. The number of nitrogens with two attached hydrogens (primary N) is 1. The molecule has 2 fully saturated rings. The predicted molar refractivity (Wildman–Crippen MR) is 207 cm³/mol. The summed E-state index contributed by atoms with van der Waals surface area (Å²) in [5.74, 6) is -1.08. The molecule has 0 saturated carbocycles. The molecule has 18 nitrogen and oxygen atoms in total. The minimum absolute atomic E-state index is 0.0381. The fourth-order valence-corrected chi connectivity index (χ4v) is 7.75. The molecule has 2 heterocycles. The van der Waals surface area contributed by atoms with Crippen molar-refractivity contribution in [2.24, 2.45) is 10.8 Å². The van der Waals surface area contributed by atoms with Gasteiger partial charge < -0.3 is 44.8 Å². The van der Waals surface area contributed by atoms with Gasteiger partial charge in [0.05, 0.1) is 76.0 Å². The molecule has 4 N–H and O–H groups in total. The molecule has 8 atom stereocenters. The number of azide groups is 1. The summed E-state index contributed by atoms with van der Waals surface area (Å²) >= 11 is 0. The van der Waals surface area contributed by atoms with E-state index in [1.807, 2.05) is 12.2 Å². The summed E-state index contributed by atoms with van der Waals surface area (Å²) in [6, 6.07) is -2.06. The Morgan fingerprint density at radius 3 is 1.70 bits per heavy atom. The van der Waals surface area contributed by atoms with Crippen LogP contribution >= 0.6 is 0 Å². The van der Waals surface area contributed by atoms with Crippen molar-refractivity contribution in [2.75, 3.05) is 80.0 Å². The van der Waals surface area contributed by atoms with Crippen molar-refractivity contribution in [3.8, 4) is 0 Å². The highest BCUT2D eigenvalue weighted by Gasteiger charge is 2.41. The summed E-state index contributed by atoms with van der Waals surface area (Å²) in [4.78, 5) is 55.5. The molecule has 2 saturated heterocycles. The van der Waals surface area contributed by atoms with Gasteiger partial charge in [-0.3, -0.25) is 19.4 Å². The van der Waals surface area contributed by atoms with Crippen LogP contribution in [0, 0.1) is 0 Å². The van der Waals surface area contributed by atoms with E-state index >= 15 is 0 Å². The second-order valence-electron chi connectivity index (χ2n) is 14.3. The van der Waals surface area contributed by atoms with E-state index in [2.05, 4.69) is 30.5 Å². The molecule has 4 rings (SSSR count). The summed E-state index contributed by atoms with van der Waals surface area (Å²) in [5, 5.41) is 9.77. The molecule has 2 aliphatic carbocycles. The Hall–Kier alpha value is -3.61. The monoisotopic (exact) mass is 792 g/mol. The van der Waals surface area contributed by atoms with Crippen LogP contribution < -0.4 is 16.4 Å².